The van der Waals surface area contributed by atoms with Crippen LogP contribution in [0.4, 0.5) is 0 Å². The molecule has 1 aliphatic heterocycles. The Morgan fingerprint density at radius 3 is 3.00 bits per heavy atom. The van der Waals surface area contributed by atoms with Crippen LogP contribution in [-0.2, 0) is 11.2 Å². The van der Waals surface area contributed by atoms with E-state index >= 15 is 0 Å². The van der Waals surface area contributed by atoms with Crippen LogP contribution in [0.15, 0.2) is 16.8 Å². The van der Waals surface area contributed by atoms with Crippen molar-refractivity contribution in [3.05, 3.63) is 22.4 Å². The number of β-amino-alcohol motifs (C(OH)–C–C–N with tert-alkyl or cyclic N) is 1. The smallest absolute Gasteiger partial charge is 0.234 e. The highest BCUT2D eigenvalue weighted by Crippen LogP contribution is 2.13. The molecule has 0 spiro atoms. The second-order valence-electron chi connectivity index (χ2n) is 6.37. The van der Waals surface area contributed by atoms with Crippen molar-refractivity contribution >= 4 is 17.2 Å². The lowest BCUT2D eigenvalue weighted by atomic mass is 10.1. The summed E-state index contributed by atoms with van der Waals surface area (Å²) in [6, 6.07) is 2.53. The molecule has 2 rings (SSSR count). The first-order valence-corrected chi connectivity index (χ1v) is 9.45. The van der Waals surface area contributed by atoms with Crippen molar-refractivity contribution in [1.29, 1.82) is 0 Å². The van der Waals surface area contributed by atoms with Gasteiger partial charge in [0.25, 0.3) is 0 Å². The van der Waals surface area contributed by atoms with Gasteiger partial charge in [-0.15, -0.1) is 0 Å². The maximum atomic E-state index is 12.1. The molecule has 0 aliphatic carbocycles. The zero-order valence-electron chi connectivity index (χ0n) is 14.2. The SMILES string of the molecule is CC[C@@H]1CN(CC(=O)NCCc2ccsc2)CCN1C[C@H](C)O. The molecule has 1 aromatic heterocycles. The highest BCUT2D eigenvalue weighted by Gasteiger charge is 2.27. The molecular weight excluding hydrogens is 310 g/mol. The second-order valence-corrected chi connectivity index (χ2v) is 7.15. The first-order valence-electron chi connectivity index (χ1n) is 8.50. The monoisotopic (exact) mass is 339 g/mol. The number of carbonyl (C=O) groups is 1. The maximum Gasteiger partial charge on any atom is 0.234 e. The Kier molecular flexibility index (Phi) is 7.49. The van der Waals surface area contributed by atoms with Crippen molar-refractivity contribution in [3.63, 3.8) is 0 Å². The van der Waals surface area contributed by atoms with Crippen LogP contribution in [0, 0.1) is 0 Å². The average molecular weight is 340 g/mol. The molecule has 5 nitrogen and oxygen atoms in total. The van der Waals surface area contributed by atoms with Gasteiger partial charge < -0.3 is 10.4 Å². The van der Waals surface area contributed by atoms with E-state index in [0.29, 0.717) is 19.1 Å². The summed E-state index contributed by atoms with van der Waals surface area (Å²) >= 11 is 1.69. The number of carbonyl (C=O) groups excluding carboxylic acids is 1. The second kappa shape index (κ2) is 9.37. The topological polar surface area (TPSA) is 55.8 Å². The molecule has 1 fully saturated rings. The van der Waals surface area contributed by atoms with E-state index in [1.165, 1.54) is 5.56 Å². The molecule has 1 amide bonds. The maximum absolute atomic E-state index is 12.1. The summed E-state index contributed by atoms with van der Waals surface area (Å²) < 4.78 is 0. The molecule has 1 aliphatic rings. The van der Waals surface area contributed by atoms with Crippen molar-refractivity contribution < 1.29 is 9.90 Å². The Labute approximate surface area is 143 Å². The molecule has 0 radical (unpaired) electrons. The number of amides is 1. The predicted octanol–water partition coefficient (Wildman–Crippen LogP) is 1.18. The molecule has 0 saturated carbocycles. The Balaban J connectivity index is 1.69. The van der Waals surface area contributed by atoms with Gasteiger partial charge in [0.2, 0.25) is 5.91 Å². The zero-order valence-corrected chi connectivity index (χ0v) is 15.0. The third-order valence-electron chi connectivity index (χ3n) is 4.34. The number of thiophene rings is 1. The van der Waals surface area contributed by atoms with Gasteiger partial charge in [0.15, 0.2) is 0 Å². The molecule has 1 saturated heterocycles. The number of hydrogen-bond donors (Lipinski definition) is 2. The normalized spacial score (nSPS) is 21.3. The Morgan fingerprint density at radius 2 is 2.35 bits per heavy atom. The van der Waals surface area contributed by atoms with Crippen LogP contribution >= 0.6 is 11.3 Å². The fourth-order valence-electron chi connectivity index (χ4n) is 3.11. The van der Waals surface area contributed by atoms with Crippen molar-refractivity contribution in [1.82, 2.24) is 15.1 Å². The molecule has 6 heteroatoms. The fourth-order valence-corrected chi connectivity index (χ4v) is 3.81. The molecule has 2 heterocycles. The lowest BCUT2D eigenvalue weighted by Crippen LogP contribution is -2.56. The highest BCUT2D eigenvalue weighted by atomic mass is 32.1. The number of aliphatic hydroxyl groups excluding tert-OH is 1. The third kappa shape index (κ3) is 6.22. The van der Waals surface area contributed by atoms with Crippen molar-refractivity contribution in [2.24, 2.45) is 0 Å². The summed E-state index contributed by atoms with van der Waals surface area (Å²) in [6.07, 6.45) is 1.65. The predicted molar refractivity (Wildman–Crippen MR) is 94.8 cm³/mol. The lowest BCUT2D eigenvalue weighted by Gasteiger charge is -2.41. The molecule has 2 atom stereocenters. The molecule has 130 valence electrons. The number of nitrogens with one attached hydrogen (secondary N) is 1. The lowest BCUT2D eigenvalue weighted by molar-refractivity contribution is -0.123. The van der Waals surface area contributed by atoms with Crippen LogP contribution < -0.4 is 5.32 Å². The highest BCUT2D eigenvalue weighted by molar-refractivity contribution is 7.07. The number of aliphatic hydroxyl groups is 1. The van der Waals surface area contributed by atoms with Crippen molar-refractivity contribution in [3.8, 4) is 0 Å². The molecule has 0 unspecified atom stereocenters. The molecule has 0 bridgehead atoms. The number of piperazine rings is 1. The van der Waals surface area contributed by atoms with E-state index in [4.69, 9.17) is 0 Å². The van der Waals surface area contributed by atoms with E-state index in [1.54, 1.807) is 11.3 Å². The molecule has 0 aromatic carbocycles. The van der Waals surface area contributed by atoms with Crippen molar-refractivity contribution in [2.75, 3.05) is 39.3 Å². The Bertz CT molecular complexity index is 464. The minimum atomic E-state index is -0.295. The summed E-state index contributed by atoms with van der Waals surface area (Å²) in [6.45, 7) is 8.62. The number of hydrogen-bond acceptors (Lipinski definition) is 5. The molecule has 1 aromatic rings. The summed E-state index contributed by atoms with van der Waals surface area (Å²) in [5.74, 6) is 0.110. The van der Waals surface area contributed by atoms with E-state index in [9.17, 15) is 9.90 Å². The van der Waals surface area contributed by atoms with Gasteiger partial charge in [-0.3, -0.25) is 14.6 Å². The largest absolute Gasteiger partial charge is 0.392 e. The molecular formula is C17H29N3O2S. The van der Waals surface area contributed by atoms with Crippen LogP contribution in [0.25, 0.3) is 0 Å². The van der Waals surface area contributed by atoms with Gasteiger partial charge in [-0.2, -0.15) is 11.3 Å². The van der Waals surface area contributed by atoms with Gasteiger partial charge in [0, 0.05) is 38.8 Å². The summed E-state index contributed by atoms with van der Waals surface area (Å²) in [7, 11) is 0. The van der Waals surface area contributed by atoms with Crippen LogP contribution in [0.2, 0.25) is 0 Å². The van der Waals surface area contributed by atoms with Crippen LogP contribution in [0.5, 0.6) is 0 Å². The standard InChI is InChI=1S/C17H29N3O2S/c1-3-16-11-19(7-8-20(16)10-14(2)21)12-17(22)18-6-4-15-5-9-23-13-15/h5,9,13-14,16,21H,3-4,6-8,10-12H2,1-2H3,(H,18,22)/t14-,16+/m0/s1. The van der Waals surface area contributed by atoms with Crippen molar-refractivity contribution in [2.45, 2.75) is 38.8 Å². The minimum Gasteiger partial charge on any atom is -0.392 e. The van der Waals surface area contributed by atoms with Gasteiger partial charge >= 0.3 is 0 Å². The van der Waals surface area contributed by atoms with Gasteiger partial charge in [0.05, 0.1) is 12.6 Å². The molecule has 23 heavy (non-hydrogen) atoms. The average Bonchev–Trinajstić information content (AvgIpc) is 3.01. The van der Waals surface area contributed by atoms with E-state index in [0.717, 1.165) is 39.0 Å². The van der Waals surface area contributed by atoms with Gasteiger partial charge in [-0.1, -0.05) is 6.92 Å². The minimum absolute atomic E-state index is 0.110. The quantitative estimate of drug-likeness (QED) is 0.747. The number of rotatable bonds is 8. The first-order chi connectivity index (χ1) is 11.1. The van der Waals surface area contributed by atoms with Gasteiger partial charge in [-0.05, 0) is 42.2 Å². The summed E-state index contributed by atoms with van der Waals surface area (Å²) in [4.78, 5) is 16.7. The van der Waals surface area contributed by atoms with Gasteiger partial charge in [0.1, 0.15) is 0 Å². The number of nitrogens with zero attached hydrogens (tertiary/aromatic N) is 2. The van der Waals surface area contributed by atoms with E-state index in [-0.39, 0.29) is 12.0 Å². The molecule has 2 N–H and O–H groups in total. The Morgan fingerprint density at radius 1 is 1.52 bits per heavy atom. The van der Waals surface area contributed by atoms with Crippen LogP contribution in [0.1, 0.15) is 25.8 Å². The van der Waals surface area contributed by atoms with Crippen LogP contribution in [-0.4, -0.2) is 72.2 Å². The summed E-state index contributed by atoms with van der Waals surface area (Å²) in [5, 5.41) is 16.8. The third-order valence-corrected chi connectivity index (χ3v) is 5.07. The summed E-state index contributed by atoms with van der Waals surface area (Å²) in [5.41, 5.74) is 1.29. The Hall–Kier alpha value is -0.950. The van der Waals surface area contributed by atoms with E-state index < -0.39 is 0 Å². The first kappa shape index (κ1) is 18.4. The van der Waals surface area contributed by atoms with E-state index in [1.807, 2.05) is 6.92 Å². The fraction of sp³-hybridized carbons (Fsp3) is 0.706. The zero-order chi connectivity index (χ0) is 16.7. The van der Waals surface area contributed by atoms with Crippen LogP contribution in [0.3, 0.4) is 0 Å². The van der Waals surface area contributed by atoms with E-state index in [2.05, 4.69) is 38.9 Å². The van der Waals surface area contributed by atoms with Gasteiger partial charge in [-0.25, -0.2) is 0 Å².